The topological polar surface area (TPSA) is 32.5 Å². The first-order chi connectivity index (χ1) is 11.9. The highest BCUT2D eigenvalue weighted by Crippen LogP contribution is 2.38. The van der Waals surface area contributed by atoms with Gasteiger partial charge in [0.25, 0.3) is 0 Å². The lowest BCUT2D eigenvalue weighted by Crippen LogP contribution is -2.36. The molecule has 0 spiro atoms. The van der Waals surface area contributed by atoms with Crippen molar-refractivity contribution in [3.8, 4) is 0 Å². The maximum atomic E-state index is 6.33. The third-order valence-corrected chi connectivity index (χ3v) is 5.90. The molecule has 0 bridgehead atoms. The van der Waals surface area contributed by atoms with E-state index in [2.05, 4.69) is 49.0 Å². The van der Waals surface area contributed by atoms with Gasteiger partial charge in [0.15, 0.2) is 0 Å². The SMILES string of the molecule is Cc1c(Cl)ccc2c1CN(CC(c1ccc(Cl)cc1)N(C)C)C2CN. The van der Waals surface area contributed by atoms with E-state index in [0.29, 0.717) is 6.54 Å². The second kappa shape index (κ2) is 7.65. The van der Waals surface area contributed by atoms with Gasteiger partial charge in [0, 0.05) is 41.8 Å². The molecule has 0 saturated heterocycles. The van der Waals surface area contributed by atoms with Crippen molar-refractivity contribution in [2.45, 2.75) is 25.6 Å². The molecular weight excluding hydrogens is 353 g/mol. The highest BCUT2D eigenvalue weighted by atomic mass is 35.5. The van der Waals surface area contributed by atoms with Crippen molar-refractivity contribution >= 4 is 23.2 Å². The van der Waals surface area contributed by atoms with E-state index >= 15 is 0 Å². The summed E-state index contributed by atoms with van der Waals surface area (Å²) in [7, 11) is 4.23. The number of likely N-dealkylation sites (N-methyl/N-ethyl adjacent to an activating group) is 1. The monoisotopic (exact) mass is 377 g/mol. The molecule has 2 atom stereocenters. The first-order valence-corrected chi connectivity index (χ1v) is 9.31. The lowest BCUT2D eigenvalue weighted by molar-refractivity contribution is 0.151. The van der Waals surface area contributed by atoms with Crippen molar-refractivity contribution in [2.24, 2.45) is 5.73 Å². The molecule has 2 aromatic rings. The van der Waals surface area contributed by atoms with Gasteiger partial charge in [-0.05, 0) is 61.5 Å². The summed E-state index contributed by atoms with van der Waals surface area (Å²) in [6.07, 6.45) is 0. The average Bonchev–Trinajstić information content (AvgIpc) is 2.95. The van der Waals surface area contributed by atoms with Crippen LogP contribution in [0.4, 0.5) is 0 Å². The maximum absolute atomic E-state index is 6.33. The zero-order valence-electron chi connectivity index (χ0n) is 15.0. The Hall–Kier alpha value is -1.10. The molecule has 1 aliphatic heterocycles. The van der Waals surface area contributed by atoms with E-state index in [1.165, 1.54) is 22.3 Å². The average molecular weight is 378 g/mol. The number of hydrogen-bond donors (Lipinski definition) is 1. The summed E-state index contributed by atoms with van der Waals surface area (Å²) in [4.78, 5) is 4.72. The molecule has 134 valence electrons. The minimum atomic E-state index is 0.237. The molecule has 1 aliphatic rings. The first kappa shape index (κ1) is 18.7. The van der Waals surface area contributed by atoms with Crippen LogP contribution in [-0.4, -0.2) is 37.0 Å². The zero-order valence-corrected chi connectivity index (χ0v) is 16.5. The van der Waals surface area contributed by atoms with Crippen molar-refractivity contribution in [1.29, 1.82) is 0 Å². The van der Waals surface area contributed by atoms with Gasteiger partial charge in [-0.1, -0.05) is 41.4 Å². The van der Waals surface area contributed by atoms with Crippen molar-refractivity contribution in [3.05, 3.63) is 68.7 Å². The van der Waals surface area contributed by atoms with Crippen LogP contribution in [0.1, 0.15) is 34.3 Å². The molecule has 5 heteroatoms. The molecule has 0 radical (unpaired) electrons. The molecule has 2 aromatic carbocycles. The van der Waals surface area contributed by atoms with Gasteiger partial charge < -0.3 is 10.6 Å². The fourth-order valence-corrected chi connectivity index (χ4v) is 4.03. The standard InChI is InChI=1S/C20H25Cl2N3/c1-13-17-11-25(19(10-23)16(17)8-9-18(13)22)12-20(24(2)3)14-4-6-15(21)7-5-14/h4-9,19-20H,10-12,23H2,1-3H3. The van der Waals surface area contributed by atoms with Gasteiger partial charge in [0.2, 0.25) is 0 Å². The van der Waals surface area contributed by atoms with Crippen LogP contribution in [0.2, 0.25) is 10.0 Å². The third kappa shape index (κ3) is 3.71. The molecule has 1 heterocycles. The minimum absolute atomic E-state index is 0.237. The van der Waals surface area contributed by atoms with Crippen LogP contribution in [-0.2, 0) is 6.54 Å². The number of hydrogen-bond acceptors (Lipinski definition) is 3. The Kier molecular flexibility index (Phi) is 5.71. The molecule has 0 aromatic heterocycles. The third-order valence-electron chi connectivity index (χ3n) is 5.24. The normalized spacial score (nSPS) is 18.6. The van der Waals surface area contributed by atoms with E-state index in [1.54, 1.807) is 0 Å². The molecule has 25 heavy (non-hydrogen) atoms. The van der Waals surface area contributed by atoms with Crippen LogP contribution in [0.15, 0.2) is 36.4 Å². The number of benzene rings is 2. The van der Waals surface area contributed by atoms with Crippen LogP contribution >= 0.6 is 23.2 Å². The van der Waals surface area contributed by atoms with E-state index in [1.807, 2.05) is 18.2 Å². The van der Waals surface area contributed by atoms with Gasteiger partial charge in [-0.15, -0.1) is 0 Å². The fourth-order valence-electron chi connectivity index (χ4n) is 3.72. The highest BCUT2D eigenvalue weighted by Gasteiger charge is 2.33. The largest absolute Gasteiger partial charge is 0.329 e. The highest BCUT2D eigenvalue weighted by molar-refractivity contribution is 6.31. The summed E-state index contributed by atoms with van der Waals surface area (Å²) in [6, 6.07) is 12.8. The molecule has 0 amide bonds. The summed E-state index contributed by atoms with van der Waals surface area (Å²) < 4.78 is 0. The molecule has 0 saturated carbocycles. The van der Waals surface area contributed by atoms with Gasteiger partial charge in [-0.25, -0.2) is 0 Å². The van der Waals surface area contributed by atoms with Gasteiger partial charge in [0.05, 0.1) is 0 Å². The summed E-state index contributed by atoms with van der Waals surface area (Å²) >= 11 is 12.4. The van der Waals surface area contributed by atoms with E-state index in [0.717, 1.165) is 23.1 Å². The summed E-state index contributed by atoms with van der Waals surface area (Å²) in [5, 5.41) is 1.60. The predicted molar refractivity (Wildman–Crippen MR) is 106 cm³/mol. The molecule has 2 unspecified atom stereocenters. The number of nitrogens with two attached hydrogens (primary N) is 1. The second-order valence-electron chi connectivity index (χ2n) is 6.95. The molecule has 3 rings (SSSR count). The predicted octanol–water partition coefficient (Wildman–Crippen LogP) is 4.42. The number of nitrogens with zero attached hydrogens (tertiary/aromatic N) is 2. The second-order valence-corrected chi connectivity index (χ2v) is 7.80. The van der Waals surface area contributed by atoms with E-state index in [4.69, 9.17) is 28.9 Å². The quantitative estimate of drug-likeness (QED) is 0.836. The Bertz CT molecular complexity index is 743. The molecule has 0 aliphatic carbocycles. The summed E-state index contributed by atoms with van der Waals surface area (Å²) in [5.74, 6) is 0. The Balaban J connectivity index is 1.88. The Morgan fingerprint density at radius 2 is 1.84 bits per heavy atom. The summed E-state index contributed by atoms with van der Waals surface area (Å²) in [6.45, 7) is 4.50. The van der Waals surface area contributed by atoms with Crippen LogP contribution < -0.4 is 5.73 Å². The smallest absolute Gasteiger partial charge is 0.0478 e. The fraction of sp³-hybridized carbons (Fsp3) is 0.400. The molecule has 2 N–H and O–H groups in total. The maximum Gasteiger partial charge on any atom is 0.0478 e. The summed E-state index contributed by atoms with van der Waals surface area (Å²) in [5.41, 5.74) is 11.2. The van der Waals surface area contributed by atoms with Gasteiger partial charge >= 0.3 is 0 Å². The van der Waals surface area contributed by atoms with Crippen molar-refractivity contribution < 1.29 is 0 Å². The molecule has 0 fully saturated rings. The van der Waals surface area contributed by atoms with E-state index in [-0.39, 0.29) is 12.1 Å². The Morgan fingerprint density at radius 3 is 2.44 bits per heavy atom. The van der Waals surface area contributed by atoms with Crippen molar-refractivity contribution in [1.82, 2.24) is 9.80 Å². The van der Waals surface area contributed by atoms with E-state index in [9.17, 15) is 0 Å². The first-order valence-electron chi connectivity index (χ1n) is 8.56. The number of halogens is 2. The molecule has 3 nitrogen and oxygen atoms in total. The lowest BCUT2D eigenvalue weighted by Gasteiger charge is -2.32. The van der Waals surface area contributed by atoms with Gasteiger partial charge in [0.1, 0.15) is 0 Å². The minimum Gasteiger partial charge on any atom is -0.329 e. The van der Waals surface area contributed by atoms with Crippen molar-refractivity contribution in [3.63, 3.8) is 0 Å². The van der Waals surface area contributed by atoms with Crippen LogP contribution in [0.3, 0.4) is 0 Å². The van der Waals surface area contributed by atoms with Gasteiger partial charge in [-0.2, -0.15) is 0 Å². The number of rotatable bonds is 5. The lowest BCUT2D eigenvalue weighted by atomic mass is 10.0. The Morgan fingerprint density at radius 1 is 1.16 bits per heavy atom. The van der Waals surface area contributed by atoms with E-state index < -0.39 is 0 Å². The number of fused-ring (bicyclic) bond motifs is 1. The van der Waals surface area contributed by atoms with Crippen LogP contribution in [0.5, 0.6) is 0 Å². The van der Waals surface area contributed by atoms with Crippen LogP contribution in [0, 0.1) is 6.92 Å². The van der Waals surface area contributed by atoms with Crippen molar-refractivity contribution in [2.75, 3.05) is 27.2 Å². The molecular formula is C20H25Cl2N3. The Labute approximate surface area is 160 Å². The van der Waals surface area contributed by atoms with Crippen LogP contribution in [0.25, 0.3) is 0 Å². The van der Waals surface area contributed by atoms with Gasteiger partial charge in [-0.3, -0.25) is 4.90 Å². The zero-order chi connectivity index (χ0) is 18.1.